The molecule has 1 rings (SSSR count). The van der Waals surface area contributed by atoms with Crippen LogP contribution >= 0.6 is 0 Å². The molecule has 0 radical (unpaired) electrons. The average molecular weight is 289 g/mol. The van der Waals surface area contributed by atoms with E-state index < -0.39 is 11.7 Å². The standard InChI is InChI=1S/C15H22F3NO/c1-11(19-9-8-14(2,3)20-4)12-6-5-7-13(10-12)15(16,17)18/h5-7,10-11,19H,8-9H2,1-4H3. The maximum Gasteiger partial charge on any atom is 0.416 e. The number of benzene rings is 1. The molecule has 1 aromatic carbocycles. The van der Waals surface area contributed by atoms with Crippen molar-refractivity contribution in [3.8, 4) is 0 Å². The summed E-state index contributed by atoms with van der Waals surface area (Å²) in [7, 11) is 1.65. The van der Waals surface area contributed by atoms with Crippen LogP contribution in [0.1, 0.15) is 44.4 Å². The van der Waals surface area contributed by atoms with Crippen molar-refractivity contribution in [2.75, 3.05) is 13.7 Å². The van der Waals surface area contributed by atoms with Crippen LogP contribution in [0.15, 0.2) is 24.3 Å². The first-order valence-corrected chi connectivity index (χ1v) is 6.61. The molecule has 20 heavy (non-hydrogen) atoms. The second kappa shape index (κ2) is 6.59. The van der Waals surface area contributed by atoms with E-state index in [0.29, 0.717) is 12.1 Å². The van der Waals surface area contributed by atoms with Gasteiger partial charge in [-0.15, -0.1) is 0 Å². The molecule has 0 saturated carbocycles. The van der Waals surface area contributed by atoms with Crippen molar-refractivity contribution in [1.82, 2.24) is 5.32 Å². The Morgan fingerprint density at radius 1 is 1.25 bits per heavy atom. The highest BCUT2D eigenvalue weighted by atomic mass is 19.4. The first kappa shape index (κ1) is 17.0. The van der Waals surface area contributed by atoms with E-state index in [1.807, 2.05) is 20.8 Å². The Hall–Kier alpha value is -1.07. The molecule has 5 heteroatoms. The molecule has 0 fully saturated rings. The molecule has 0 saturated heterocycles. The Kier molecular flexibility index (Phi) is 5.59. The SMILES string of the molecule is COC(C)(C)CCNC(C)c1cccc(C(F)(F)F)c1. The van der Waals surface area contributed by atoms with Crippen LogP contribution in [0.3, 0.4) is 0 Å². The van der Waals surface area contributed by atoms with E-state index in [2.05, 4.69) is 5.32 Å². The van der Waals surface area contributed by atoms with Crippen LogP contribution in [0, 0.1) is 0 Å². The van der Waals surface area contributed by atoms with E-state index in [0.717, 1.165) is 12.5 Å². The third-order valence-electron chi connectivity index (χ3n) is 3.44. The first-order chi connectivity index (χ1) is 9.15. The molecule has 0 aliphatic carbocycles. The second-order valence-corrected chi connectivity index (χ2v) is 5.51. The van der Waals surface area contributed by atoms with Gasteiger partial charge in [0.2, 0.25) is 0 Å². The van der Waals surface area contributed by atoms with Crippen LogP contribution in [0.4, 0.5) is 13.2 Å². The van der Waals surface area contributed by atoms with Gasteiger partial charge < -0.3 is 10.1 Å². The molecule has 1 unspecified atom stereocenters. The number of ether oxygens (including phenoxy) is 1. The number of alkyl halides is 3. The molecule has 0 spiro atoms. The summed E-state index contributed by atoms with van der Waals surface area (Å²) in [6, 6.07) is 5.29. The molecule has 1 aromatic rings. The molecule has 0 aliphatic rings. The summed E-state index contributed by atoms with van der Waals surface area (Å²) in [6.45, 7) is 6.49. The monoisotopic (exact) mass is 289 g/mol. The number of hydrogen-bond donors (Lipinski definition) is 1. The smallest absolute Gasteiger partial charge is 0.379 e. The van der Waals surface area contributed by atoms with Crippen LogP contribution in [0.25, 0.3) is 0 Å². The van der Waals surface area contributed by atoms with Crippen LogP contribution in [0.5, 0.6) is 0 Å². The molecule has 0 aromatic heterocycles. The topological polar surface area (TPSA) is 21.3 Å². The highest BCUT2D eigenvalue weighted by Crippen LogP contribution is 2.30. The fraction of sp³-hybridized carbons (Fsp3) is 0.600. The molecule has 0 bridgehead atoms. The molecule has 0 amide bonds. The minimum Gasteiger partial charge on any atom is -0.379 e. The van der Waals surface area contributed by atoms with Crippen molar-refractivity contribution in [3.05, 3.63) is 35.4 Å². The first-order valence-electron chi connectivity index (χ1n) is 6.61. The zero-order valence-corrected chi connectivity index (χ0v) is 12.3. The van der Waals surface area contributed by atoms with Gasteiger partial charge in [0.15, 0.2) is 0 Å². The number of hydrogen-bond acceptors (Lipinski definition) is 2. The van der Waals surface area contributed by atoms with Crippen molar-refractivity contribution in [2.45, 2.75) is 45.0 Å². The van der Waals surface area contributed by atoms with Crippen molar-refractivity contribution >= 4 is 0 Å². The van der Waals surface area contributed by atoms with Gasteiger partial charge in [0, 0.05) is 13.2 Å². The molecule has 1 atom stereocenters. The lowest BCUT2D eigenvalue weighted by atomic mass is 10.0. The zero-order valence-electron chi connectivity index (χ0n) is 12.3. The lowest BCUT2D eigenvalue weighted by Gasteiger charge is -2.24. The molecular formula is C15H22F3NO. The Balaban J connectivity index is 2.62. The predicted octanol–water partition coefficient (Wildman–Crippen LogP) is 4.17. The van der Waals surface area contributed by atoms with E-state index in [9.17, 15) is 13.2 Å². The van der Waals surface area contributed by atoms with Crippen LogP contribution < -0.4 is 5.32 Å². The highest BCUT2D eigenvalue weighted by molar-refractivity contribution is 5.27. The van der Waals surface area contributed by atoms with Crippen molar-refractivity contribution in [2.24, 2.45) is 0 Å². The summed E-state index contributed by atoms with van der Waals surface area (Å²) in [6.07, 6.45) is -3.51. The van der Waals surface area contributed by atoms with E-state index in [-0.39, 0.29) is 11.6 Å². The molecule has 0 heterocycles. The van der Waals surface area contributed by atoms with Crippen molar-refractivity contribution in [3.63, 3.8) is 0 Å². The summed E-state index contributed by atoms with van der Waals surface area (Å²) in [4.78, 5) is 0. The van der Waals surface area contributed by atoms with E-state index in [1.54, 1.807) is 13.2 Å². The Morgan fingerprint density at radius 3 is 2.45 bits per heavy atom. The summed E-state index contributed by atoms with van der Waals surface area (Å²) in [5.74, 6) is 0. The maximum atomic E-state index is 12.6. The fourth-order valence-corrected chi connectivity index (χ4v) is 1.79. The van der Waals surface area contributed by atoms with Crippen LogP contribution in [-0.2, 0) is 10.9 Å². The van der Waals surface area contributed by atoms with Crippen LogP contribution in [0.2, 0.25) is 0 Å². The second-order valence-electron chi connectivity index (χ2n) is 5.51. The summed E-state index contributed by atoms with van der Waals surface area (Å²) >= 11 is 0. The van der Waals surface area contributed by atoms with Gasteiger partial charge in [0.1, 0.15) is 0 Å². The summed E-state index contributed by atoms with van der Waals surface area (Å²) in [5, 5.41) is 3.22. The minimum absolute atomic E-state index is 0.134. The Bertz CT molecular complexity index is 429. The van der Waals surface area contributed by atoms with E-state index in [4.69, 9.17) is 4.74 Å². The van der Waals surface area contributed by atoms with Gasteiger partial charge >= 0.3 is 6.18 Å². The Labute approximate surface area is 118 Å². The van der Waals surface area contributed by atoms with Gasteiger partial charge in [-0.05, 0) is 51.4 Å². The quantitative estimate of drug-likeness (QED) is 0.848. The lowest BCUT2D eigenvalue weighted by molar-refractivity contribution is -0.137. The molecule has 1 N–H and O–H groups in total. The van der Waals surface area contributed by atoms with Gasteiger partial charge in [-0.3, -0.25) is 0 Å². The maximum absolute atomic E-state index is 12.6. The number of nitrogens with one attached hydrogen (secondary N) is 1. The molecule has 0 aliphatic heterocycles. The molecule has 2 nitrogen and oxygen atoms in total. The number of rotatable bonds is 6. The van der Waals surface area contributed by atoms with Gasteiger partial charge in [-0.2, -0.15) is 13.2 Å². The fourth-order valence-electron chi connectivity index (χ4n) is 1.79. The van der Waals surface area contributed by atoms with E-state index in [1.165, 1.54) is 12.1 Å². The van der Waals surface area contributed by atoms with Gasteiger partial charge in [0.05, 0.1) is 11.2 Å². The van der Waals surface area contributed by atoms with Gasteiger partial charge in [-0.25, -0.2) is 0 Å². The van der Waals surface area contributed by atoms with Crippen LogP contribution in [-0.4, -0.2) is 19.3 Å². The average Bonchev–Trinajstić information content (AvgIpc) is 2.37. The minimum atomic E-state index is -4.30. The predicted molar refractivity (Wildman–Crippen MR) is 73.6 cm³/mol. The van der Waals surface area contributed by atoms with Gasteiger partial charge in [0.25, 0.3) is 0 Å². The van der Waals surface area contributed by atoms with Crippen molar-refractivity contribution < 1.29 is 17.9 Å². The van der Waals surface area contributed by atoms with Gasteiger partial charge in [-0.1, -0.05) is 12.1 Å². The zero-order chi connectivity index (χ0) is 15.4. The summed E-state index contributed by atoms with van der Waals surface area (Å²) < 4.78 is 43.2. The molecule has 114 valence electrons. The largest absolute Gasteiger partial charge is 0.416 e. The van der Waals surface area contributed by atoms with E-state index >= 15 is 0 Å². The third kappa shape index (κ3) is 5.13. The lowest BCUT2D eigenvalue weighted by Crippen LogP contribution is -2.30. The number of halogens is 3. The van der Waals surface area contributed by atoms with Crippen molar-refractivity contribution in [1.29, 1.82) is 0 Å². The molecular weight excluding hydrogens is 267 g/mol. The number of methoxy groups -OCH3 is 1. The Morgan fingerprint density at radius 2 is 1.90 bits per heavy atom. The highest BCUT2D eigenvalue weighted by Gasteiger charge is 2.30. The summed E-state index contributed by atoms with van der Waals surface area (Å²) in [5.41, 5.74) is -0.212. The third-order valence-corrected chi connectivity index (χ3v) is 3.44. The normalized spacial score (nSPS) is 14.3.